The Morgan fingerprint density at radius 3 is 2.44 bits per heavy atom. The molecule has 0 atom stereocenters. The summed E-state index contributed by atoms with van der Waals surface area (Å²) in [6, 6.07) is 6.53. The van der Waals surface area contributed by atoms with Crippen LogP contribution in [0.4, 0.5) is 19.0 Å². The minimum atomic E-state index is -4.59. The third-order valence-corrected chi connectivity index (χ3v) is 9.17. The van der Waals surface area contributed by atoms with Crippen LogP contribution in [0.5, 0.6) is 5.88 Å². The smallest absolute Gasteiger partial charge is 0.416 e. The molecule has 1 N–H and O–H groups in total. The summed E-state index contributed by atoms with van der Waals surface area (Å²) in [6.45, 7) is 4.36. The van der Waals surface area contributed by atoms with Crippen LogP contribution in [0.2, 0.25) is 0 Å². The van der Waals surface area contributed by atoms with Crippen molar-refractivity contribution in [2.24, 2.45) is 7.05 Å². The minimum Gasteiger partial charge on any atom is -0.478 e. The molecule has 2 fully saturated rings. The number of anilines is 1. The normalized spacial score (nSPS) is 19.1. The van der Waals surface area contributed by atoms with Gasteiger partial charge < -0.3 is 14.6 Å². The summed E-state index contributed by atoms with van der Waals surface area (Å²) in [5.74, 6) is 1.01. The Labute approximate surface area is 237 Å². The Bertz CT molecular complexity index is 1480. The molecule has 0 spiro atoms. The quantitative estimate of drug-likeness (QED) is 0.368. The zero-order chi connectivity index (χ0) is 29.0. The van der Waals surface area contributed by atoms with Crippen LogP contribution in [-0.4, -0.2) is 37.8 Å². The third-order valence-electron chi connectivity index (χ3n) is 9.17. The van der Waals surface area contributed by atoms with E-state index in [4.69, 9.17) is 4.74 Å². The number of amides is 1. The average Bonchev–Trinajstić information content (AvgIpc) is 3.44. The number of nitrogens with zero attached hydrogens (tertiary/aromatic N) is 5. The molecule has 11 heteroatoms. The van der Waals surface area contributed by atoms with Gasteiger partial charge in [0.2, 0.25) is 5.88 Å². The van der Waals surface area contributed by atoms with Crippen molar-refractivity contribution < 1.29 is 22.7 Å². The van der Waals surface area contributed by atoms with Crippen molar-refractivity contribution in [3.05, 3.63) is 64.2 Å². The molecule has 3 aliphatic rings. The molecule has 6 rings (SSSR count). The van der Waals surface area contributed by atoms with E-state index < -0.39 is 17.6 Å². The molecule has 0 radical (unpaired) electrons. The SMILES string of the molecule is CCOc1cc(C2(Cc3nncn3C)CCC2)cc(N2Cc3c(cc(CNC4(C)CCC4)cc3C(F)(F)F)C2=O)n1. The van der Waals surface area contributed by atoms with Gasteiger partial charge in [-0.05, 0) is 80.8 Å². The predicted octanol–water partition coefficient (Wildman–Crippen LogP) is 5.48. The van der Waals surface area contributed by atoms with Crippen molar-refractivity contribution in [1.29, 1.82) is 0 Å². The number of carbonyl (C=O) groups excluding carboxylic acids is 1. The second-order valence-corrected chi connectivity index (χ2v) is 12.0. The van der Waals surface area contributed by atoms with E-state index in [1.807, 2.05) is 30.7 Å². The van der Waals surface area contributed by atoms with Gasteiger partial charge in [-0.1, -0.05) is 6.42 Å². The highest BCUT2D eigenvalue weighted by Gasteiger charge is 2.43. The van der Waals surface area contributed by atoms with E-state index in [1.165, 1.54) is 11.0 Å². The number of rotatable bonds is 9. The van der Waals surface area contributed by atoms with E-state index in [2.05, 4.69) is 27.4 Å². The van der Waals surface area contributed by atoms with Gasteiger partial charge in [-0.2, -0.15) is 18.2 Å². The first-order valence-corrected chi connectivity index (χ1v) is 14.3. The highest BCUT2D eigenvalue weighted by molar-refractivity contribution is 6.10. The molecule has 2 aliphatic carbocycles. The van der Waals surface area contributed by atoms with Crippen molar-refractivity contribution in [2.45, 2.75) is 89.0 Å². The largest absolute Gasteiger partial charge is 0.478 e. The lowest BCUT2D eigenvalue weighted by Crippen LogP contribution is -2.47. The minimum absolute atomic E-state index is 0.0105. The highest BCUT2D eigenvalue weighted by Crippen LogP contribution is 2.48. The fourth-order valence-electron chi connectivity index (χ4n) is 6.31. The summed E-state index contributed by atoms with van der Waals surface area (Å²) >= 11 is 0. The van der Waals surface area contributed by atoms with Crippen LogP contribution in [0, 0.1) is 0 Å². The lowest BCUT2D eigenvalue weighted by Gasteiger charge is -2.42. The van der Waals surface area contributed by atoms with E-state index in [0.29, 0.717) is 30.3 Å². The summed E-state index contributed by atoms with van der Waals surface area (Å²) in [5.41, 5.74) is 0.387. The van der Waals surface area contributed by atoms with Crippen LogP contribution in [0.3, 0.4) is 0 Å². The van der Waals surface area contributed by atoms with Crippen molar-refractivity contribution >= 4 is 11.7 Å². The van der Waals surface area contributed by atoms with Gasteiger partial charge in [-0.3, -0.25) is 9.69 Å². The number of alkyl halides is 3. The van der Waals surface area contributed by atoms with Crippen molar-refractivity contribution in [1.82, 2.24) is 25.1 Å². The molecule has 1 aromatic carbocycles. The predicted molar refractivity (Wildman–Crippen MR) is 147 cm³/mol. The maximum absolute atomic E-state index is 14.3. The van der Waals surface area contributed by atoms with Gasteiger partial charge in [0.05, 0.1) is 18.7 Å². The number of hydrogen-bond donors (Lipinski definition) is 1. The first kappa shape index (κ1) is 27.7. The molecule has 1 amide bonds. The number of fused-ring (bicyclic) bond motifs is 1. The Kier molecular flexibility index (Phi) is 6.83. The fraction of sp³-hybridized carbons (Fsp3) is 0.533. The number of pyridine rings is 1. The summed E-state index contributed by atoms with van der Waals surface area (Å²) in [7, 11) is 1.90. The molecular formula is C30H35F3N6O2. The van der Waals surface area contributed by atoms with Crippen molar-refractivity contribution in [3.8, 4) is 5.88 Å². The number of nitrogens with one attached hydrogen (secondary N) is 1. The van der Waals surface area contributed by atoms with Gasteiger partial charge in [-0.15, -0.1) is 10.2 Å². The number of aromatic nitrogens is 4. The molecule has 3 aromatic rings. The summed E-state index contributed by atoms with van der Waals surface area (Å²) in [6.07, 6.45) is 3.67. The second kappa shape index (κ2) is 10.1. The second-order valence-electron chi connectivity index (χ2n) is 12.0. The van der Waals surface area contributed by atoms with Gasteiger partial charge >= 0.3 is 6.18 Å². The number of halogens is 3. The molecule has 2 aromatic heterocycles. The van der Waals surface area contributed by atoms with E-state index in [1.54, 1.807) is 12.4 Å². The Hall–Kier alpha value is -3.47. The molecule has 1 aliphatic heterocycles. The Morgan fingerprint density at radius 2 is 1.85 bits per heavy atom. The van der Waals surface area contributed by atoms with Crippen LogP contribution in [-0.2, 0) is 38.1 Å². The van der Waals surface area contributed by atoms with Gasteiger partial charge in [0, 0.05) is 42.6 Å². The summed E-state index contributed by atoms with van der Waals surface area (Å²) < 4.78 is 50.5. The van der Waals surface area contributed by atoms with E-state index >= 15 is 0 Å². The van der Waals surface area contributed by atoms with Gasteiger partial charge in [0.1, 0.15) is 18.0 Å². The van der Waals surface area contributed by atoms with Crippen LogP contribution < -0.4 is 15.0 Å². The van der Waals surface area contributed by atoms with Crippen LogP contribution >= 0.6 is 0 Å². The number of hydrogen-bond acceptors (Lipinski definition) is 6. The molecular weight excluding hydrogens is 533 g/mol. The number of ether oxygens (including phenoxy) is 1. The first-order valence-electron chi connectivity index (χ1n) is 14.3. The number of aryl methyl sites for hydroxylation is 1. The third kappa shape index (κ3) is 5.09. The summed E-state index contributed by atoms with van der Waals surface area (Å²) in [4.78, 5) is 19.7. The van der Waals surface area contributed by atoms with E-state index in [0.717, 1.165) is 49.9 Å². The Balaban J connectivity index is 1.36. The summed E-state index contributed by atoms with van der Waals surface area (Å²) in [5, 5.41) is 11.7. The van der Waals surface area contributed by atoms with Crippen LogP contribution in [0.25, 0.3) is 0 Å². The topological polar surface area (TPSA) is 85.2 Å². The van der Waals surface area contributed by atoms with Gasteiger partial charge in [0.25, 0.3) is 5.91 Å². The van der Waals surface area contributed by atoms with Gasteiger partial charge in [-0.25, -0.2) is 0 Å². The molecule has 41 heavy (non-hydrogen) atoms. The van der Waals surface area contributed by atoms with E-state index in [-0.39, 0.29) is 35.2 Å². The molecule has 0 bridgehead atoms. The first-order chi connectivity index (χ1) is 19.5. The highest BCUT2D eigenvalue weighted by atomic mass is 19.4. The molecule has 8 nitrogen and oxygen atoms in total. The maximum atomic E-state index is 14.3. The standard InChI is InChI=1S/C30H35F3N6O2/c1-4-41-26-14-20(29(9-6-10-29)15-25-37-35-18-38(25)3)13-24(36-26)39-17-22-21(27(39)40)11-19(12-23(22)30(31,32)33)16-34-28(2)7-5-8-28/h11-14,18,34H,4-10,15-17H2,1-3H3. The fourth-order valence-corrected chi connectivity index (χ4v) is 6.31. The molecule has 218 valence electrons. The zero-order valence-electron chi connectivity index (χ0n) is 23.6. The molecule has 3 heterocycles. The molecule has 2 saturated carbocycles. The van der Waals surface area contributed by atoms with Crippen molar-refractivity contribution in [2.75, 3.05) is 11.5 Å². The average molecular weight is 569 g/mol. The van der Waals surface area contributed by atoms with E-state index in [9.17, 15) is 18.0 Å². The van der Waals surface area contributed by atoms with Crippen molar-refractivity contribution in [3.63, 3.8) is 0 Å². The molecule has 0 unspecified atom stereocenters. The van der Waals surface area contributed by atoms with Crippen LogP contribution in [0.1, 0.15) is 90.8 Å². The van der Waals surface area contributed by atoms with Gasteiger partial charge in [0.15, 0.2) is 0 Å². The van der Waals surface area contributed by atoms with Crippen LogP contribution in [0.15, 0.2) is 30.6 Å². The number of benzene rings is 1. The monoisotopic (exact) mass is 568 g/mol. The lowest BCUT2D eigenvalue weighted by atomic mass is 9.62. The maximum Gasteiger partial charge on any atom is 0.416 e. The number of carbonyl (C=O) groups is 1. The lowest BCUT2D eigenvalue weighted by molar-refractivity contribution is -0.138. The zero-order valence-corrected chi connectivity index (χ0v) is 23.6. The Morgan fingerprint density at radius 1 is 1.10 bits per heavy atom. The molecule has 0 saturated heterocycles.